The standard InChI is InChI=1S/C17H23NO/c19-15-8-7-13-5-3-10-18-11-9-12-4-1-2-6-14(12)16(15)17(13)18/h1-2,4,6,13,15-17,19H,3,5,7-11H2. The SMILES string of the molecule is OC1CCC2CCCN3CCc4ccccc4C1C23. The van der Waals surface area contributed by atoms with E-state index in [-0.39, 0.29) is 6.10 Å². The molecule has 4 rings (SSSR count). The molecule has 2 heterocycles. The molecule has 102 valence electrons. The number of rotatable bonds is 0. The molecule has 1 N–H and O–H groups in total. The number of benzene rings is 1. The summed E-state index contributed by atoms with van der Waals surface area (Å²) in [5, 5.41) is 10.6. The van der Waals surface area contributed by atoms with Gasteiger partial charge in [-0.3, -0.25) is 4.90 Å². The number of hydrogen-bond donors (Lipinski definition) is 1. The smallest absolute Gasteiger partial charge is 0.0624 e. The molecule has 1 saturated carbocycles. The van der Waals surface area contributed by atoms with Crippen LogP contribution in [0.3, 0.4) is 0 Å². The van der Waals surface area contributed by atoms with E-state index in [9.17, 15) is 5.11 Å². The Morgan fingerprint density at radius 2 is 1.95 bits per heavy atom. The van der Waals surface area contributed by atoms with Gasteiger partial charge in [-0.25, -0.2) is 0 Å². The van der Waals surface area contributed by atoms with Crippen molar-refractivity contribution in [3.63, 3.8) is 0 Å². The molecule has 4 atom stereocenters. The van der Waals surface area contributed by atoms with Gasteiger partial charge in [0.1, 0.15) is 0 Å². The topological polar surface area (TPSA) is 23.5 Å². The summed E-state index contributed by atoms with van der Waals surface area (Å²) in [6.45, 7) is 2.42. The molecule has 2 fully saturated rings. The summed E-state index contributed by atoms with van der Waals surface area (Å²) in [5.41, 5.74) is 2.91. The van der Waals surface area contributed by atoms with Gasteiger partial charge in [0.05, 0.1) is 6.10 Å². The Kier molecular flexibility index (Phi) is 2.89. The fraction of sp³-hybridized carbons (Fsp3) is 0.647. The second-order valence-corrected chi connectivity index (χ2v) is 6.55. The van der Waals surface area contributed by atoms with E-state index in [2.05, 4.69) is 29.2 Å². The van der Waals surface area contributed by atoms with Gasteiger partial charge in [0, 0.05) is 18.5 Å². The lowest BCUT2D eigenvalue weighted by molar-refractivity contribution is -0.0149. The summed E-state index contributed by atoms with van der Waals surface area (Å²) < 4.78 is 0. The summed E-state index contributed by atoms with van der Waals surface area (Å²) in [6.07, 6.45) is 5.95. The predicted octanol–water partition coefficient (Wildman–Crippen LogP) is 2.56. The number of nitrogens with zero attached hydrogens (tertiary/aromatic N) is 1. The molecule has 0 amide bonds. The molecule has 0 radical (unpaired) electrons. The first-order valence-electron chi connectivity index (χ1n) is 7.84. The van der Waals surface area contributed by atoms with Crippen molar-refractivity contribution in [1.82, 2.24) is 4.90 Å². The van der Waals surface area contributed by atoms with Crippen LogP contribution >= 0.6 is 0 Å². The van der Waals surface area contributed by atoms with Crippen LogP contribution in [0.15, 0.2) is 24.3 Å². The molecule has 19 heavy (non-hydrogen) atoms. The van der Waals surface area contributed by atoms with Crippen molar-refractivity contribution in [2.45, 2.75) is 50.2 Å². The van der Waals surface area contributed by atoms with Crippen LogP contribution in [0, 0.1) is 5.92 Å². The number of hydrogen-bond acceptors (Lipinski definition) is 2. The molecule has 0 spiro atoms. The Bertz CT molecular complexity index is 472. The predicted molar refractivity (Wildman–Crippen MR) is 76.2 cm³/mol. The average molecular weight is 257 g/mol. The van der Waals surface area contributed by atoms with Crippen LogP contribution < -0.4 is 0 Å². The maximum Gasteiger partial charge on any atom is 0.0624 e. The monoisotopic (exact) mass is 257 g/mol. The second-order valence-electron chi connectivity index (χ2n) is 6.55. The highest BCUT2D eigenvalue weighted by atomic mass is 16.3. The highest BCUT2D eigenvalue weighted by molar-refractivity contribution is 5.35. The van der Waals surface area contributed by atoms with Gasteiger partial charge in [0.25, 0.3) is 0 Å². The molecular formula is C17H23NO. The summed E-state index contributed by atoms with van der Waals surface area (Å²) in [7, 11) is 0. The molecule has 2 heteroatoms. The van der Waals surface area contributed by atoms with Crippen LogP contribution in [0.2, 0.25) is 0 Å². The molecular weight excluding hydrogens is 234 g/mol. The minimum absolute atomic E-state index is 0.138. The van der Waals surface area contributed by atoms with Crippen molar-refractivity contribution < 1.29 is 5.11 Å². The van der Waals surface area contributed by atoms with Gasteiger partial charge >= 0.3 is 0 Å². The van der Waals surface area contributed by atoms with E-state index in [4.69, 9.17) is 0 Å². The summed E-state index contributed by atoms with van der Waals surface area (Å²) in [5.74, 6) is 1.17. The van der Waals surface area contributed by atoms with Gasteiger partial charge in [0.15, 0.2) is 0 Å². The molecule has 1 aromatic rings. The van der Waals surface area contributed by atoms with Gasteiger partial charge < -0.3 is 5.11 Å². The van der Waals surface area contributed by atoms with Gasteiger partial charge in [-0.2, -0.15) is 0 Å². The lowest BCUT2D eigenvalue weighted by Gasteiger charge is -2.49. The quantitative estimate of drug-likeness (QED) is 0.772. The molecule has 4 unspecified atom stereocenters. The highest BCUT2D eigenvalue weighted by Gasteiger charge is 2.45. The normalized spacial score (nSPS) is 38.2. The second kappa shape index (κ2) is 4.60. The molecule has 0 bridgehead atoms. The lowest BCUT2D eigenvalue weighted by atomic mass is 9.68. The van der Waals surface area contributed by atoms with Crippen molar-refractivity contribution >= 4 is 0 Å². The Morgan fingerprint density at radius 3 is 2.89 bits per heavy atom. The summed E-state index contributed by atoms with van der Waals surface area (Å²) >= 11 is 0. The molecule has 3 aliphatic rings. The third kappa shape index (κ3) is 1.85. The van der Waals surface area contributed by atoms with Crippen molar-refractivity contribution in [2.24, 2.45) is 5.92 Å². The van der Waals surface area contributed by atoms with Gasteiger partial charge in [0.2, 0.25) is 0 Å². The van der Waals surface area contributed by atoms with Crippen LogP contribution in [-0.2, 0) is 6.42 Å². The van der Waals surface area contributed by atoms with Crippen LogP contribution in [-0.4, -0.2) is 35.2 Å². The van der Waals surface area contributed by atoms with Crippen molar-refractivity contribution in [3.05, 3.63) is 35.4 Å². The first-order valence-corrected chi connectivity index (χ1v) is 7.84. The van der Waals surface area contributed by atoms with Gasteiger partial charge in [-0.15, -0.1) is 0 Å². The minimum atomic E-state index is -0.138. The number of piperidine rings is 1. The largest absolute Gasteiger partial charge is 0.392 e. The first-order chi connectivity index (χ1) is 9.34. The molecule has 1 aliphatic carbocycles. The third-order valence-corrected chi connectivity index (χ3v) is 5.62. The van der Waals surface area contributed by atoms with E-state index in [0.29, 0.717) is 12.0 Å². The van der Waals surface area contributed by atoms with E-state index in [0.717, 1.165) is 18.8 Å². The highest BCUT2D eigenvalue weighted by Crippen LogP contribution is 2.46. The molecule has 2 nitrogen and oxygen atoms in total. The number of aliphatic hydroxyl groups is 1. The zero-order valence-corrected chi connectivity index (χ0v) is 11.5. The Labute approximate surface area is 115 Å². The average Bonchev–Trinajstić information content (AvgIpc) is 2.62. The van der Waals surface area contributed by atoms with Crippen molar-refractivity contribution in [3.8, 4) is 0 Å². The zero-order chi connectivity index (χ0) is 12.8. The van der Waals surface area contributed by atoms with Crippen molar-refractivity contribution in [2.75, 3.05) is 13.1 Å². The van der Waals surface area contributed by atoms with Gasteiger partial charge in [-0.1, -0.05) is 24.3 Å². The Balaban J connectivity index is 1.81. The van der Waals surface area contributed by atoms with E-state index in [1.807, 2.05) is 0 Å². The fourth-order valence-electron chi connectivity index (χ4n) is 4.81. The Hall–Kier alpha value is -0.860. The first kappa shape index (κ1) is 11.9. The van der Waals surface area contributed by atoms with E-state index in [1.54, 1.807) is 0 Å². The number of aliphatic hydroxyl groups excluding tert-OH is 1. The Morgan fingerprint density at radius 1 is 1.05 bits per heavy atom. The van der Waals surface area contributed by atoms with Gasteiger partial charge in [-0.05, 0) is 55.7 Å². The van der Waals surface area contributed by atoms with Crippen LogP contribution in [0.5, 0.6) is 0 Å². The van der Waals surface area contributed by atoms with Crippen LogP contribution in [0.1, 0.15) is 42.7 Å². The maximum absolute atomic E-state index is 10.6. The van der Waals surface area contributed by atoms with Crippen molar-refractivity contribution in [1.29, 1.82) is 0 Å². The van der Waals surface area contributed by atoms with Crippen LogP contribution in [0.4, 0.5) is 0 Å². The zero-order valence-electron chi connectivity index (χ0n) is 11.5. The number of fused-ring (bicyclic) bond motifs is 2. The van der Waals surface area contributed by atoms with E-state index in [1.165, 1.54) is 43.5 Å². The third-order valence-electron chi connectivity index (χ3n) is 5.62. The van der Waals surface area contributed by atoms with E-state index < -0.39 is 0 Å². The molecule has 0 aromatic heterocycles. The molecule has 1 saturated heterocycles. The molecule has 1 aromatic carbocycles. The van der Waals surface area contributed by atoms with Crippen LogP contribution in [0.25, 0.3) is 0 Å². The lowest BCUT2D eigenvalue weighted by Crippen LogP contribution is -2.53. The fourth-order valence-corrected chi connectivity index (χ4v) is 4.81. The molecule has 2 aliphatic heterocycles. The summed E-state index contributed by atoms with van der Waals surface area (Å²) in [4.78, 5) is 2.68. The minimum Gasteiger partial charge on any atom is -0.392 e. The maximum atomic E-state index is 10.6. The van der Waals surface area contributed by atoms with E-state index >= 15 is 0 Å². The summed E-state index contributed by atoms with van der Waals surface area (Å²) in [6, 6.07) is 9.43.